The molecule has 1 amide bonds. The number of carbonyl (C=O) groups is 1. The van der Waals surface area contributed by atoms with E-state index in [-0.39, 0.29) is 18.1 Å². The Bertz CT molecular complexity index is 1250. The number of alkyl halides is 2. The molecule has 0 spiro atoms. The fraction of sp³-hybridized carbons (Fsp3) is 0.407. The highest BCUT2D eigenvalue weighted by atomic mass is 19.3. The lowest BCUT2D eigenvalue weighted by Crippen LogP contribution is -2.17. The molecule has 0 aromatic carbocycles. The van der Waals surface area contributed by atoms with Crippen LogP contribution in [0.2, 0.25) is 0 Å². The number of aliphatic hydroxyl groups is 1. The van der Waals surface area contributed by atoms with Gasteiger partial charge in [0, 0.05) is 60.8 Å². The molecule has 3 aromatic heterocycles. The van der Waals surface area contributed by atoms with Gasteiger partial charge in [-0.15, -0.1) is 0 Å². The van der Waals surface area contributed by atoms with Crippen LogP contribution in [0.5, 0.6) is 0 Å². The van der Waals surface area contributed by atoms with Gasteiger partial charge in [0.2, 0.25) is 0 Å². The fourth-order valence-electron chi connectivity index (χ4n) is 4.23. The van der Waals surface area contributed by atoms with E-state index in [1.54, 1.807) is 0 Å². The zero-order valence-corrected chi connectivity index (χ0v) is 20.9. The SMILES string of the molecule is CCC(F)(F)c1cc(C(=O)Nc2cnc(C)c(-c3cc(NCCO)nc(C4CCOCC4)c3)c2)ccn1. The minimum Gasteiger partial charge on any atom is -0.395 e. The van der Waals surface area contributed by atoms with Crippen LogP contribution in [0.3, 0.4) is 0 Å². The quantitative estimate of drug-likeness (QED) is 0.375. The molecule has 0 atom stereocenters. The van der Waals surface area contributed by atoms with Gasteiger partial charge < -0.3 is 20.5 Å². The maximum absolute atomic E-state index is 14.1. The molecule has 196 valence electrons. The number of aryl methyl sites for hydroxylation is 1. The third-order valence-electron chi connectivity index (χ3n) is 6.40. The molecule has 0 bridgehead atoms. The number of hydrogen-bond acceptors (Lipinski definition) is 7. The fourth-order valence-corrected chi connectivity index (χ4v) is 4.23. The van der Waals surface area contributed by atoms with Crippen molar-refractivity contribution in [1.82, 2.24) is 15.0 Å². The average molecular weight is 512 g/mol. The Hall–Kier alpha value is -3.50. The number of amides is 1. The second-order valence-corrected chi connectivity index (χ2v) is 9.00. The van der Waals surface area contributed by atoms with Gasteiger partial charge in [-0.05, 0) is 55.7 Å². The van der Waals surface area contributed by atoms with Crippen molar-refractivity contribution in [2.45, 2.75) is 45.0 Å². The Balaban J connectivity index is 1.63. The number of hydrogen-bond donors (Lipinski definition) is 3. The van der Waals surface area contributed by atoms with E-state index in [0.717, 1.165) is 41.4 Å². The summed E-state index contributed by atoms with van der Waals surface area (Å²) in [4.78, 5) is 25.8. The summed E-state index contributed by atoms with van der Waals surface area (Å²) in [6, 6.07) is 8.23. The highest BCUT2D eigenvalue weighted by Crippen LogP contribution is 2.33. The number of aromatic nitrogens is 3. The topological polar surface area (TPSA) is 109 Å². The van der Waals surface area contributed by atoms with E-state index in [2.05, 4.69) is 20.6 Å². The number of halogens is 2. The maximum Gasteiger partial charge on any atom is 0.289 e. The zero-order valence-electron chi connectivity index (χ0n) is 20.9. The smallest absolute Gasteiger partial charge is 0.289 e. The van der Waals surface area contributed by atoms with Gasteiger partial charge in [-0.3, -0.25) is 14.8 Å². The molecule has 1 saturated heterocycles. The Labute approximate surface area is 214 Å². The Morgan fingerprint density at radius 1 is 1.19 bits per heavy atom. The molecule has 1 aliphatic heterocycles. The molecule has 4 rings (SSSR count). The van der Waals surface area contributed by atoms with Gasteiger partial charge in [-0.2, -0.15) is 8.78 Å². The lowest BCUT2D eigenvalue weighted by molar-refractivity contribution is -0.0128. The van der Waals surface area contributed by atoms with Crippen LogP contribution in [0.15, 0.2) is 42.7 Å². The predicted octanol–water partition coefficient (Wildman–Crippen LogP) is 4.90. The van der Waals surface area contributed by atoms with Crippen LogP contribution in [0.25, 0.3) is 11.1 Å². The minimum atomic E-state index is -3.11. The average Bonchev–Trinajstić information content (AvgIpc) is 2.93. The van der Waals surface area contributed by atoms with Crippen molar-refractivity contribution in [2.24, 2.45) is 0 Å². The van der Waals surface area contributed by atoms with Crippen LogP contribution in [-0.4, -0.2) is 52.3 Å². The van der Waals surface area contributed by atoms with Crippen LogP contribution in [0.4, 0.5) is 20.3 Å². The van der Waals surface area contributed by atoms with E-state index in [1.807, 2.05) is 25.1 Å². The summed E-state index contributed by atoms with van der Waals surface area (Å²) < 4.78 is 33.7. The second-order valence-electron chi connectivity index (χ2n) is 9.00. The van der Waals surface area contributed by atoms with Gasteiger partial charge in [-0.1, -0.05) is 6.92 Å². The van der Waals surface area contributed by atoms with Gasteiger partial charge in [0.15, 0.2) is 0 Å². The Kier molecular flexibility index (Phi) is 8.40. The molecule has 3 N–H and O–H groups in total. The van der Waals surface area contributed by atoms with E-state index >= 15 is 0 Å². The van der Waals surface area contributed by atoms with Crippen molar-refractivity contribution in [3.63, 3.8) is 0 Å². The Morgan fingerprint density at radius 2 is 1.97 bits per heavy atom. The first-order valence-electron chi connectivity index (χ1n) is 12.4. The number of anilines is 2. The number of carbonyl (C=O) groups excluding carboxylic acids is 1. The summed E-state index contributed by atoms with van der Waals surface area (Å²) in [7, 11) is 0. The first-order chi connectivity index (χ1) is 17.8. The molecule has 0 radical (unpaired) electrons. The normalized spacial score (nSPS) is 14.4. The molecule has 10 heteroatoms. The van der Waals surface area contributed by atoms with Crippen molar-refractivity contribution in [3.8, 4) is 11.1 Å². The van der Waals surface area contributed by atoms with E-state index in [0.29, 0.717) is 31.3 Å². The summed E-state index contributed by atoms with van der Waals surface area (Å²) in [5, 5.41) is 15.2. The molecule has 8 nitrogen and oxygen atoms in total. The van der Waals surface area contributed by atoms with Crippen LogP contribution in [0, 0.1) is 6.92 Å². The number of nitrogens with zero attached hydrogens (tertiary/aromatic N) is 3. The van der Waals surface area contributed by atoms with Gasteiger partial charge in [-0.25, -0.2) is 4.98 Å². The highest BCUT2D eigenvalue weighted by molar-refractivity contribution is 6.04. The van der Waals surface area contributed by atoms with Gasteiger partial charge in [0.1, 0.15) is 11.5 Å². The van der Waals surface area contributed by atoms with E-state index < -0.39 is 23.9 Å². The molecule has 37 heavy (non-hydrogen) atoms. The molecule has 1 fully saturated rings. The van der Waals surface area contributed by atoms with Crippen molar-refractivity contribution >= 4 is 17.4 Å². The van der Waals surface area contributed by atoms with Crippen molar-refractivity contribution < 1.29 is 23.4 Å². The summed E-state index contributed by atoms with van der Waals surface area (Å²) in [5.41, 5.74) is 3.42. The first-order valence-corrected chi connectivity index (χ1v) is 12.4. The standard InChI is InChI=1S/C27H31F2N5O3/c1-3-27(28,29)24-13-19(4-7-30-24)26(36)33-21-15-22(17(2)32-16-21)20-12-23(18-5-10-37-11-6-18)34-25(14-20)31-8-9-35/h4,7,12-16,18,35H,3,5-6,8-11H2,1-2H3,(H,31,34)(H,33,36). The number of rotatable bonds is 9. The van der Waals surface area contributed by atoms with Crippen LogP contribution in [0.1, 0.15) is 59.5 Å². The minimum absolute atomic E-state index is 0.0263. The van der Waals surface area contributed by atoms with E-state index in [1.165, 1.54) is 25.4 Å². The molecular formula is C27H31F2N5O3. The number of nitrogens with one attached hydrogen (secondary N) is 2. The van der Waals surface area contributed by atoms with Crippen LogP contribution in [-0.2, 0) is 10.7 Å². The maximum atomic E-state index is 14.1. The third kappa shape index (κ3) is 6.44. The van der Waals surface area contributed by atoms with Crippen molar-refractivity contribution in [2.75, 3.05) is 37.0 Å². The van der Waals surface area contributed by atoms with Gasteiger partial charge >= 0.3 is 0 Å². The summed E-state index contributed by atoms with van der Waals surface area (Å²) in [6.07, 6.45) is 4.07. The summed E-state index contributed by atoms with van der Waals surface area (Å²) in [5.74, 6) is -2.75. The molecule has 0 unspecified atom stereocenters. The number of ether oxygens (including phenoxy) is 1. The number of aliphatic hydroxyl groups excluding tert-OH is 1. The molecule has 0 aliphatic carbocycles. The Morgan fingerprint density at radius 3 is 2.70 bits per heavy atom. The third-order valence-corrected chi connectivity index (χ3v) is 6.40. The summed E-state index contributed by atoms with van der Waals surface area (Å²) >= 11 is 0. The zero-order chi connectivity index (χ0) is 26.4. The number of pyridine rings is 3. The highest BCUT2D eigenvalue weighted by Gasteiger charge is 2.31. The first kappa shape index (κ1) is 26.6. The van der Waals surface area contributed by atoms with E-state index in [9.17, 15) is 18.7 Å². The molecule has 1 aliphatic rings. The van der Waals surface area contributed by atoms with Gasteiger partial charge in [0.25, 0.3) is 11.8 Å². The largest absolute Gasteiger partial charge is 0.395 e. The lowest BCUT2D eigenvalue weighted by atomic mass is 9.93. The lowest BCUT2D eigenvalue weighted by Gasteiger charge is -2.23. The van der Waals surface area contributed by atoms with E-state index in [4.69, 9.17) is 9.72 Å². The van der Waals surface area contributed by atoms with Crippen molar-refractivity contribution in [3.05, 3.63) is 65.4 Å². The predicted molar refractivity (Wildman–Crippen MR) is 137 cm³/mol. The molecular weight excluding hydrogens is 480 g/mol. The van der Waals surface area contributed by atoms with Crippen LogP contribution < -0.4 is 10.6 Å². The molecule has 0 saturated carbocycles. The molecule has 3 aromatic rings. The van der Waals surface area contributed by atoms with Crippen LogP contribution >= 0.6 is 0 Å². The monoisotopic (exact) mass is 511 g/mol. The summed E-state index contributed by atoms with van der Waals surface area (Å²) in [6.45, 7) is 4.94. The molecule has 4 heterocycles. The van der Waals surface area contributed by atoms with Gasteiger partial charge in [0.05, 0.1) is 18.5 Å². The second kappa shape index (κ2) is 11.7. The van der Waals surface area contributed by atoms with Crippen molar-refractivity contribution in [1.29, 1.82) is 0 Å².